The quantitative estimate of drug-likeness (QED) is 0.837. The van der Waals surface area contributed by atoms with Crippen LogP contribution in [0.1, 0.15) is 18.1 Å². The van der Waals surface area contributed by atoms with E-state index in [9.17, 15) is 9.59 Å². The van der Waals surface area contributed by atoms with Gasteiger partial charge in [-0.05, 0) is 36.8 Å². The van der Waals surface area contributed by atoms with Crippen LogP contribution < -0.4 is 4.74 Å². The molecule has 1 atom stereocenters. The molecule has 0 spiro atoms. The summed E-state index contributed by atoms with van der Waals surface area (Å²) >= 11 is 0. The lowest BCUT2D eigenvalue weighted by atomic mass is 10.2. The first kappa shape index (κ1) is 18.0. The van der Waals surface area contributed by atoms with Crippen LogP contribution in [0.4, 0.5) is 0 Å². The molecule has 2 rings (SSSR count). The van der Waals surface area contributed by atoms with Crippen molar-refractivity contribution in [2.75, 3.05) is 6.54 Å². The van der Waals surface area contributed by atoms with Gasteiger partial charge >= 0.3 is 5.97 Å². The Hall–Kier alpha value is -3.33. The maximum absolute atomic E-state index is 12.6. The molecule has 1 N–H and O–H groups in total. The standard InChI is InChI=1S/C19H18N2O4/c1-14(25-17-9-7-15(11-20)8-10-17)19(24)21(13-18(22)23)12-16-5-3-2-4-6-16/h2-10,14H,12-13H2,1H3,(H,22,23). The van der Waals surface area contributed by atoms with Crippen LogP contribution in [-0.4, -0.2) is 34.5 Å². The number of benzene rings is 2. The van der Waals surface area contributed by atoms with Crippen molar-refractivity contribution < 1.29 is 19.4 Å². The summed E-state index contributed by atoms with van der Waals surface area (Å²) < 4.78 is 5.58. The minimum Gasteiger partial charge on any atom is -0.481 e. The Morgan fingerprint density at radius 3 is 2.36 bits per heavy atom. The molecule has 0 fully saturated rings. The molecule has 0 radical (unpaired) electrons. The van der Waals surface area contributed by atoms with E-state index >= 15 is 0 Å². The van der Waals surface area contributed by atoms with Gasteiger partial charge in [0, 0.05) is 6.54 Å². The fourth-order valence-electron chi connectivity index (χ4n) is 2.30. The highest BCUT2D eigenvalue weighted by Gasteiger charge is 2.24. The molecule has 6 nitrogen and oxygen atoms in total. The molecule has 1 unspecified atom stereocenters. The summed E-state index contributed by atoms with van der Waals surface area (Å²) in [5.74, 6) is -1.07. The molecule has 6 heteroatoms. The van der Waals surface area contributed by atoms with Crippen LogP contribution >= 0.6 is 0 Å². The summed E-state index contributed by atoms with van der Waals surface area (Å²) in [4.78, 5) is 24.9. The van der Waals surface area contributed by atoms with E-state index in [1.165, 1.54) is 4.90 Å². The van der Waals surface area contributed by atoms with Gasteiger partial charge in [-0.3, -0.25) is 9.59 Å². The number of carboxylic acids is 1. The zero-order valence-electron chi connectivity index (χ0n) is 13.8. The van der Waals surface area contributed by atoms with Crippen molar-refractivity contribution in [2.45, 2.75) is 19.6 Å². The lowest BCUT2D eigenvalue weighted by molar-refractivity contribution is -0.148. The van der Waals surface area contributed by atoms with E-state index < -0.39 is 24.5 Å². The third-order valence-corrected chi connectivity index (χ3v) is 3.50. The normalized spacial score (nSPS) is 11.2. The first-order valence-corrected chi connectivity index (χ1v) is 7.71. The van der Waals surface area contributed by atoms with Crippen LogP contribution in [0.5, 0.6) is 5.75 Å². The Balaban J connectivity index is 2.08. The molecule has 0 heterocycles. The maximum atomic E-state index is 12.6. The molecule has 0 aliphatic heterocycles. The van der Waals surface area contributed by atoms with Crippen LogP contribution in [0.15, 0.2) is 54.6 Å². The third kappa shape index (κ3) is 5.36. The molecule has 2 aromatic rings. The van der Waals surface area contributed by atoms with Crippen molar-refractivity contribution in [3.8, 4) is 11.8 Å². The average molecular weight is 338 g/mol. The van der Waals surface area contributed by atoms with Crippen molar-refractivity contribution in [1.82, 2.24) is 4.90 Å². The van der Waals surface area contributed by atoms with Crippen LogP contribution in [-0.2, 0) is 16.1 Å². The molecule has 1 amide bonds. The molecule has 0 aromatic heterocycles. The van der Waals surface area contributed by atoms with Crippen molar-refractivity contribution in [3.05, 3.63) is 65.7 Å². The topological polar surface area (TPSA) is 90.6 Å². The van der Waals surface area contributed by atoms with Crippen LogP contribution in [0.25, 0.3) is 0 Å². The van der Waals surface area contributed by atoms with Gasteiger partial charge in [-0.15, -0.1) is 0 Å². The number of aliphatic carboxylic acids is 1. The number of carbonyl (C=O) groups is 2. The Kier molecular flexibility index (Phi) is 6.13. The molecule has 0 saturated carbocycles. The van der Waals surface area contributed by atoms with E-state index in [2.05, 4.69) is 0 Å². The van der Waals surface area contributed by atoms with Crippen molar-refractivity contribution in [1.29, 1.82) is 5.26 Å². The van der Waals surface area contributed by atoms with Crippen molar-refractivity contribution in [2.24, 2.45) is 0 Å². The molecule has 0 aliphatic rings. The van der Waals surface area contributed by atoms with E-state index in [-0.39, 0.29) is 6.54 Å². The van der Waals surface area contributed by atoms with E-state index in [1.807, 2.05) is 36.4 Å². The van der Waals surface area contributed by atoms with E-state index in [4.69, 9.17) is 15.1 Å². The second kappa shape index (κ2) is 8.50. The average Bonchev–Trinajstić information content (AvgIpc) is 2.61. The Labute approximate surface area is 145 Å². The van der Waals surface area contributed by atoms with Crippen LogP contribution in [0.3, 0.4) is 0 Å². The second-order valence-electron chi connectivity index (χ2n) is 5.47. The highest BCUT2D eigenvalue weighted by Crippen LogP contribution is 2.15. The second-order valence-corrected chi connectivity index (χ2v) is 5.47. The SMILES string of the molecule is CC(Oc1ccc(C#N)cc1)C(=O)N(CC(=O)O)Cc1ccccc1. The molecule has 128 valence electrons. The monoisotopic (exact) mass is 338 g/mol. The smallest absolute Gasteiger partial charge is 0.323 e. The van der Waals surface area contributed by atoms with Crippen LogP contribution in [0.2, 0.25) is 0 Å². The van der Waals surface area contributed by atoms with Gasteiger partial charge in [-0.2, -0.15) is 5.26 Å². The molecule has 25 heavy (non-hydrogen) atoms. The van der Waals surface area contributed by atoms with Gasteiger partial charge in [0.05, 0.1) is 11.6 Å². The van der Waals surface area contributed by atoms with Crippen molar-refractivity contribution >= 4 is 11.9 Å². The fourth-order valence-corrected chi connectivity index (χ4v) is 2.30. The van der Waals surface area contributed by atoms with Gasteiger partial charge < -0.3 is 14.7 Å². The Morgan fingerprint density at radius 1 is 1.16 bits per heavy atom. The summed E-state index contributed by atoms with van der Waals surface area (Å²) in [6, 6.07) is 17.5. The number of carbonyl (C=O) groups excluding carboxylic acids is 1. The molecule has 0 aliphatic carbocycles. The molecule has 2 aromatic carbocycles. The summed E-state index contributed by atoms with van der Waals surface area (Å²) in [5.41, 5.74) is 1.32. The summed E-state index contributed by atoms with van der Waals surface area (Å²) in [6.45, 7) is 1.35. The van der Waals surface area contributed by atoms with Gasteiger partial charge in [0.1, 0.15) is 12.3 Å². The van der Waals surface area contributed by atoms with Gasteiger partial charge in [0.2, 0.25) is 0 Å². The van der Waals surface area contributed by atoms with E-state index in [1.54, 1.807) is 31.2 Å². The minimum atomic E-state index is -1.09. The summed E-state index contributed by atoms with van der Waals surface area (Å²) in [6.07, 6.45) is -0.851. The number of rotatable bonds is 7. The van der Waals surface area contributed by atoms with Gasteiger partial charge in [0.25, 0.3) is 5.91 Å². The van der Waals surface area contributed by atoms with Gasteiger partial charge in [-0.1, -0.05) is 30.3 Å². The predicted molar refractivity (Wildman–Crippen MR) is 90.7 cm³/mol. The van der Waals surface area contributed by atoms with E-state index in [0.29, 0.717) is 11.3 Å². The number of ether oxygens (including phenoxy) is 1. The Morgan fingerprint density at radius 2 is 1.80 bits per heavy atom. The highest BCUT2D eigenvalue weighted by atomic mass is 16.5. The van der Waals surface area contributed by atoms with Crippen LogP contribution in [0, 0.1) is 11.3 Å². The number of nitriles is 1. The lowest BCUT2D eigenvalue weighted by Gasteiger charge is -2.24. The molecular weight excluding hydrogens is 320 g/mol. The minimum absolute atomic E-state index is 0.188. The number of amides is 1. The number of hydrogen-bond donors (Lipinski definition) is 1. The predicted octanol–water partition coefficient (Wildman–Crippen LogP) is 2.44. The molecular formula is C19H18N2O4. The number of nitrogens with zero attached hydrogens (tertiary/aromatic N) is 2. The zero-order valence-corrected chi connectivity index (χ0v) is 13.8. The maximum Gasteiger partial charge on any atom is 0.323 e. The molecule has 0 saturated heterocycles. The number of hydrogen-bond acceptors (Lipinski definition) is 4. The first-order chi connectivity index (χ1) is 12.0. The largest absolute Gasteiger partial charge is 0.481 e. The lowest BCUT2D eigenvalue weighted by Crippen LogP contribution is -2.42. The van der Waals surface area contributed by atoms with Crippen molar-refractivity contribution in [3.63, 3.8) is 0 Å². The third-order valence-electron chi connectivity index (χ3n) is 3.50. The summed E-state index contributed by atoms with van der Waals surface area (Å²) in [5, 5.41) is 17.9. The first-order valence-electron chi connectivity index (χ1n) is 7.71. The van der Waals surface area contributed by atoms with E-state index in [0.717, 1.165) is 5.56 Å². The molecule has 0 bridgehead atoms. The van der Waals surface area contributed by atoms with Gasteiger partial charge in [0.15, 0.2) is 6.10 Å². The van der Waals surface area contributed by atoms with Gasteiger partial charge in [-0.25, -0.2) is 0 Å². The highest BCUT2D eigenvalue weighted by molar-refractivity contribution is 5.84. The zero-order chi connectivity index (χ0) is 18.2. The summed E-state index contributed by atoms with van der Waals surface area (Å²) in [7, 11) is 0. The Bertz CT molecular complexity index is 766. The fraction of sp³-hybridized carbons (Fsp3) is 0.211. The number of carboxylic acid groups (broad SMARTS) is 1.